The Morgan fingerprint density at radius 1 is 1.36 bits per heavy atom. The first kappa shape index (κ1) is 8.62. The Hall–Kier alpha value is -0.670. The van der Waals surface area contributed by atoms with Crippen molar-refractivity contribution in [3.8, 4) is 0 Å². The summed E-state index contributed by atoms with van der Waals surface area (Å²) in [6.07, 6.45) is 3.85. The summed E-state index contributed by atoms with van der Waals surface area (Å²) in [5.74, 6) is 0. The summed E-state index contributed by atoms with van der Waals surface area (Å²) in [5, 5.41) is 8.67. The summed E-state index contributed by atoms with van der Waals surface area (Å²) in [7, 11) is 0. The van der Waals surface area contributed by atoms with Crippen LogP contribution in [0.1, 0.15) is 36.6 Å². The molecule has 1 unspecified atom stereocenters. The van der Waals surface area contributed by atoms with Gasteiger partial charge in [-0.2, -0.15) is 5.10 Å². The number of fused-ring (bicyclic) bond motifs is 3. The summed E-state index contributed by atoms with van der Waals surface area (Å²) in [6.45, 7) is 2.20. The van der Waals surface area contributed by atoms with Gasteiger partial charge in [0.1, 0.15) is 0 Å². The molecule has 3 heterocycles. The molecule has 14 heavy (non-hydrogen) atoms. The molecule has 0 spiro atoms. The number of hydrogen-bond acceptors (Lipinski definition) is 3. The van der Waals surface area contributed by atoms with Crippen molar-refractivity contribution in [3.05, 3.63) is 22.5 Å². The third-order valence-electron chi connectivity index (χ3n) is 3.18. The van der Waals surface area contributed by atoms with Gasteiger partial charge in [-0.1, -0.05) is 18.0 Å². The van der Waals surface area contributed by atoms with Crippen LogP contribution in [0, 0.1) is 0 Å². The number of aromatic nitrogens is 2. The van der Waals surface area contributed by atoms with Crippen LogP contribution in [0.15, 0.2) is 6.07 Å². The molecule has 3 nitrogen and oxygen atoms in total. The molecule has 4 heteroatoms. The lowest BCUT2D eigenvalue weighted by Gasteiger charge is -2.28. The molecule has 1 aromatic rings. The Labute approximate surface area is 88.1 Å². The van der Waals surface area contributed by atoms with E-state index in [1.165, 1.54) is 31.4 Å². The Morgan fingerprint density at radius 3 is 3.21 bits per heavy atom. The lowest BCUT2D eigenvalue weighted by atomic mass is 10.0. The molecular weight excluding hydrogens is 198 g/mol. The molecule has 1 fully saturated rings. The largest absolute Gasteiger partial charge is 0.290 e. The van der Waals surface area contributed by atoms with Crippen LogP contribution < -0.4 is 0 Å². The van der Waals surface area contributed by atoms with Gasteiger partial charge in [0, 0.05) is 6.54 Å². The normalized spacial score (nSPS) is 25.9. The average molecular weight is 210 g/mol. The fraction of sp³-hybridized carbons (Fsp3) is 0.600. The second kappa shape index (κ2) is 3.17. The van der Waals surface area contributed by atoms with Gasteiger partial charge in [-0.15, -0.1) is 5.10 Å². The second-order valence-electron chi connectivity index (χ2n) is 4.06. The molecule has 2 aliphatic rings. The Kier molecular flexibility index (Phi) is 1.96. The first-order valence-electron chi connectivity index (χ1n) is 5.10. The van der Waals surface area contributed by atoms with E-state index in [0.717, 1.165) is 12.2 Å². The van der Waals surface area contributed by atoms with Gasteiger partial charge < -0.3 is 0 Å². The lowest BCUT2D eigenvalue weighted by molar-refractivity contribution is 0.162. The van der Waals surface area contributed by atoms with Crippen molar-refractivity contribution in [3.63, 3.8) is 0 Å². The summed E-state index contributed by atoms with van der Waals surface area (Å²) in [5.41, 5.74) is 2.44. The van der Waals surface area contributed by atoms with E-state index in [1.54, 1.807) is 0 Å². The molecule has 1 atom stereocenters. The zero-order valence-corrected chi connectivity index (χ0v) is 8.67. The number of halogens is 1. The first-order chi connectivity index (χ1) is 6.84. The highest BCUT2D eigenvalue weighted by Gasteiger charge is 2.33. The maximum atomic E-state index is 5.83. The zero-order chi connectivity index (χ0) is 9.54. The first-order valence-corrected chi connectivity index (χ1v) is 5.48. The molecule has 0 aliphatic carbocycles. The minimum absolute atomic E-state index is 0.517. The highest BCUT2D eigenvalue weighted by atomic mass is 35.5. The maximum Gasteiger partial charge on any atom is 0.152 e. The summed E-state index contributed by atoms with van der Waals surface area (Å²) >= 11 is 5.83. The van der Waals surface area contributed by atoms with Gasteiger partial charge in [-0.3, -0.25) is 4.90 Å². The molecule has 3 rings (SSSR count). The number of hydrogen-bond donors (Lipinski definition) is 0. The van der Waals surface area contributed by atoms with Gasteiger partial charge >= 0.3 is 0 Å². The predicted octanol–water partition coefficient (Wildman–Crippen LogP) is 2.17. The van der Waals surface area contributed by atoms with E-state index in [1.807, 2.05) is 6.07 Å². The van der Waals surface area contributed by atoms with Crippen LogP contribution in [0.25, 0.3) is 0 Å². The van der Waals surface area contributed by atoms with E-state index in [0.29, 0.717) is 11.2 Å². The van der Waals surface area contributed by atoms with Crippen molar-refractivity contribution < 1.29 is 0 Å². The van der Waals surface area contributed by atoms with Gasteiger partial charge in [0.25, 0.3) is 0 Å². The SMILES string of the molecule is Clc1cc2c(nn1)C1CCCCN1C2. The highest BCUT2D eigenvalue weighted by Crippen LogP contribution is 2.38. The van der Waals surface area contributed by atoms with E-state index in [2.05, 4.69) is 15.1 Å². The van der Waals surface area contributed by atoms with E-state index >= 15 is 0 Å². The van der Waals surface area contributed by atoms with E-state index in [9.17, 15) is 0 Å². The van der Waals surface area contributed by atoms with Crippen molar-refractivity contribution in [2.75, 3.05) is 6.54 Å². The summed E-state index contributed by atoms with van der Waals surface area (Å²) in [4.78, 5) is 2.49. The molecule has 0 N–H and O–H groups in total. The van der Waals surface area contributed by atoms with Gasteiger partial charge in [0.2, 0.25) is 0 Å². The molecule has 1 aromatic heterocycles. The van der Waals surface area contributed by atoms with Crippen molar-refractivity contribution >= 4 is 11.6 Å². The standard InChI is InChI=1S/C10H12ClN3/c11-9-5-7-6-14-4-2-1-3-8(14)10(7)13-12-9/h5,8H,1-4,6H2. The third kappa shape index (κ3) is 1.23. The topological polar surface area (TPSA) is 29.0 Å². The van der Waals surface area contributed by atoms with Crippen LogP contribution in [0.2, 0.25) is 5.15 Å². The maximum absolute atomic E-state index is 5.83. The quantitative estimate of drug-likeness (QED) is 0.656. The van der Waals surface area contributed by atoms with Crippen molar-refractivity contribution in [2.24, 2.45) is 0 Å². The number of rotatable bonds is 0. The number of nitrogens with zero attached hydrogens (tertiary/aromatic N) is 3. The van der Waals surface area contributed by atoms with Crippen LogP contribution >= 0.6 is 11.6 Å². The molecule has 0 amide bonds. The van der Waals surface area contributed by atoms with Gasteiger partial charge in [-0.05, 0) is 31.0 Å². The molecule has 0 bridgehead atoms. The smallest absolute Gasteiger partial charge is 0.152 e. The van der Waals surface area contributed by atoms with E-state index in [4.69, 9.17) is 11.6 Å². The minimum Gasteiger partial charge on any atom is -0.290 e. The molecule has 0 saturated carbocycles. The van der Waals surface area contributed by atoms with E-state index in [-0.39, 0.29) is 0 Å². The lowest BCUT2D eigenvalue weighted by Crippen LogP contribution is -2.27. The highest BCUT2D eigenvalue weighted by molar-refractivity contribution is 6.29. The van der Waals surface area contributed by atoms with Gasteiger partial charge in [0.05, 0.1) is 11.7 Å². The molecule has 0 aromatic carbocycles. The molecular formula is C10H12ClN3. The van der Waals surface area contributed by atoms with E-state index < -0.39 is 0 Å². The van der Waals surface area contributed by atoms with Gasteiger partial charge in [0.15, 0.2) is 5.15 Å². The zero-order valence-electron chi connectivity index (χ0n) is 7.91. The van der Waals surface area contributed by atoms with Crippen LogP contribution in [0.3, 0.4) is 0 Å². The average Bonchev–Trinajstić information content (AvgIpc) is 2.54. The molecule has 0 radical (unpaired) electrons. The fourth-order valence-electron chi connectivity index (χ4n) is 2.53. The van der Waals surface area contributed by atoms with Crippen LogP contribution in [0.5, 0.6) is 0 Å². The monoisotopic (exact) mass is 209 g/mol. The fourth-order valence-corrected chi connectivity index (χ4v) is 2.70. The van der Waals surface area contributed by atoms with Crippen molar-refractivity contribution in [2.45, 2.75) is 31.8 Å². The molecule has 2 aliphatic heterocycles. The Morgan fingerprint density at radius 2 is 2.29 bits per heavy atom. The van der Waals surface area contributed by atoms with Crippen LogP contribution in [-0.4, -0.2) is 21.6 Å². The Bertz CT molecular complexity index is 366. The van der Waals surface area contributed by atoms with Crippen LogP contribution in [0.4, 0.5) is 0 Å². The second-order valence-corrected chi connectivity index (χ2v) is 4.45. The Balaban J connectivity index is 2.01. The summed E-state index contributed by atoms with van der Waals surface area (Å²) in [6, 6.07) is 2.48. The van der Waals surface area contributed by atoms with Gasteiger partial charge in [-0.25, -0.2) is 0 Å². The molecule has 1 saturated heterocycles. The predicted molar refractivity (Wildman–Crippen MR) is 54.0 cm³/mol. The van der Waals surface area contributed by atoms with Crippen LogP contribution in [-0.2, 0) is 6.54 Å². The third-order valence-corrected chi connectivity index (χ3v) is 3.36. The van der Waals surface area contributed by atoms with Crippen molar-refractivity contribution in [1.29, 1.82) is 0 Å². The summed E-state index contributed by atoms with van der Waals surface area (Å²) < 4.78 is 0. The minimum atomic E-state index is 0.517. The van der Waals surface area contributed by atoms with Crippen molar-refractivity contribution in [1.82, 2.24) is 15.1 Å². The molecule has 74 valence electrons. The number of piperidine rings is 1.